The van der Waals surface area contributed by atoms with E-state index in [2.05, 4.69) is 17.2 Å². The summed E-state index contributed by atoms with van der Waals surface area (Å²) in [6.45, 7) is 4.86. The molecule has 0 aromatic carbocycles. The summed E-state index contributed by atoms with van der Waals surface area (Å²) in [5.74, 6) is 1.01. The largest absolute Gasteiger partial charge is 0.440 e. The SMILES string of the molecule is CCCNC1(C(N)=O)CCCC1CCSc1nc(C)co1. The molecule has 0 bridgehead atoms. The average Bonchev–Trinajstić information content (AvgIpc) is 3.04. The Hall–Kier alpha value is -1.01. The molecule has 1 heterocycles. The third-order valence-electron chi connectivity index (χ3n) is 4.24. The molecule has 0 radical (unpaired) electrons. The summed E-state index contributed by atoms with van der Waals surface area (Å²) >= 11 is 1.61. The molecule has 2 atom stereocenters. The van der Waals surface area contributed by atoms with Crippen LogP contribution in [0.15, 0.2) is 15.9 Å². The van der Waals surface area contributed by atoms with Crippen molar-refractivity contribution in [1.82, 2.24) is 10.3 Å². The zero-order valence-corrected chi connectivity index (χ0v) is 13.7. The highest BCUT2D eigenvalue weighted by Crippen LogP contribution is 2.39. The third kappa shape index (κ3) is 3.80. The lowest BCUT2D eigenvalue weighted by Crippen LogP contribution is -2.58. The van der Waals surface area contributed by atoms with Crippen molar-refractivity contribution in [1.29, 1.82) is 0 Å². The van der Waals surface area contributed by atoms with E-state index in [0.717, 1.165) is 50.1 Å². The minimum Gasteiger partial charge on any atom is -0.440 e. The highest BCUT2D eigenvalue weighted by molar-refractivity contribution is 7.99. The minimum absolute atomic E-state index is 0.199. The summed E-state index contributed by atoms with van der Waals surface area (Å²) in [4.78, 5) is 16.3. The fourth-order valence-electron chi connectivity index (χ4n) is 3.15. The molecule has 0 aliphatic heterocycles. The van der Waals surface area contributed by atoms with Crippen LogP contribution in [-0.2, 0) is 4.79 Å². The van der Waals surface area contributed by atoms with Gasteiger partial charge in [-0.05, 0) is 45.1 Å². The van der Waals surface area contributed by atoms with Crippen LogP contribution in [0.2, 0.25) is 0 Å². The van der Waals surface area contributed by atoms with Gasteiger partial charge in [0.25, 0.3) is 5.22 Å². The van der Waals surface area contributed by atoms with Crippen molar-refractivity contribution in [3.63, 3.8) is 0 Å². The van der Waals surface area contributed by atoms with Crippen LogP contribution in [0.25, 0.3) is 0 Å². The van der Waals surface area contributed by atoms with E-state index in [0.29, 0.717) is 11.1 Å². The number of nitrogens with zero attached hydrogens (tertiary/aromatic N) is 1. The maximum Gasteiger partial charge on any atom is 0.255 e. The van der Waals surface area contributed by atoms with Gasteiger partial charge in [0.1, 0.15) is 11.8 Å². The Bertz CT molecular complexity index is 477. The first kappa shape index (κ1) is 16.4. The Kier molecular flexibility index (Phi) is 5.70. The van der Waals surface area contributed by atoms with Crippen molar-refractivity contribution in [2.75, 3.05) is 12.3 Å². The van der Waals surface area contributed by atoms with E-state index in [1.54, 1.807) is 18.0 Å². The molecule has 5 nitrogen and oxygen atoms in total. The van der Waals surface area contributed by atoms with Crippen LogP contribution >= 0.6 is 11.8 Å². The van der Waals surface area contributed by atoms with E-state index < -0.39 is 5.54 Å². The molecule has 1 aliphatic rings. The van der Waals surface area contributed by atoms with Crippen LogP contribution in [0.4, 0.5) is 0 Å². The molecule has 1 amide bonds. The summed E-state index contributed by atoms with van der Waals surface area (Å²) < 4.78 is 5.34. The van der Waals surface area contributed by atoms with Gasteiger partial charge in [-0.15, -0.1) is 0 Å². The topological polar surface area (TPSA) is 81.1 Å². The van der Waals surface area contributed by atoms with Crippen molar-refractivity contribution in [3.05, 3.63) is 12.0 Å². The van der Waals surface area contributed by atoms with Crippen molar-refractivity contribution >= 4 is 17.7 Å². The zero-order valence-electron chi connectivity index (χ0n) is 12.9. The van der Waals surface area contributed by atoms with Gasteiger partial charge in [-0.3, -0.25) is 4.79 Å². The number of carbonyl (C=O) groups is 1. The molecule has 1 saturated carbocycles. The monoisotopic (exact) mass is 311 g/mol. The summed E-state index contributed by atoms with van der Waals surface area (Å²) in [6.07, 6.45) is 6.60. The van der Waals surface area contributed by atoms with Crippen LogP contribution in [0.5, 0.6) is 0 Å². The predicted octanol–water partition coefficient (Wildman–Crippen LogP) is 2.49. The highest BCUT2D eigenvalue weighted by atomic mass is 32.2. The summed E-state index contributed by atoms with van der Waals surface area (Å²) in [5, 5.41) is 4.13. The van der Waals surface area contributed by atoms with Gasteiger partial charge in [0.2, 0.25) is 5.91 Å². The normalized spacial score (nSPS) is 25.3. The molecule has 1 aromatic heterocycles. The molecular formula is C15H25N3O2S. The van der Waals surface area contributed by atoms with Crippen molar-refractivity contribution < 1.29 is 9.21 Å². The molecule has 21 heavy (non-hydrogen) atoms. The fraction of sp³-hybridized carbons (Fsp3) is 0.733. The van der Waals surface area contributed by atoms with Gasteiger partial charge in [0.15, 0.2) is 0 Å². The van der Waals surface area contributed by atoms with Crippen molar-refractivity contribution in [2.45, 2.75) is 56.7 Å². The molecule has 2 unspecified atom stereocenters. The second-order valence-electron chi connectivity index (χ2n) is 5.74. The number of hydrogen-bond donors (Lipinski definition) is 2. The van der Waals surface area contributed by atoms with E-state index in [1.807, 2.05) is 6.92 Å². The van der Waals surface area contributed by atoms with Crippen LogP contribution in [-0.4, -0.2) is 28.7 Å². The number of hydrogen-bond acceptors (Lipinski definition) is 5. The maximum absolute atomic E-state index is 12.0. The molecule has 6 heteroatoms. The quantitative estimate of drug-likeness (QED) is 0.721. The minimum atomic E-state index is -0.511. The Morgan fingerprint density at radius 1 is 1.67 bits per heavy atom. The summed E-state index contributed by atoms with van der Waals surface area (Å²) in [6, 6.07) is 0. The van der Waals surface area contributed by atoms with Crippen LogP contribution in [0.3, 0.4) is 0 Å². The number of aryl methyl sites for hydroxylation is 1. The van der Waals surface area contributed by atoms with Crippen molar-refractivity contribution in [2.24, 2.45) is 11.7 Å². The first-order valence-corrected chi connectivity index (χ1v) is 8.67. The van der Waals surface area contributed by atoms with Crippen LogP contribution in [0.1, 0.15) is 44.7 Å². The third-order valence-corrected chi connectivity index (χ3v) is 5.11. The lowest BCUT2D eigenvalue weighted by molar-refractivity contribution is -0.126. The molecule has 1 aliphatic carbocycles. The van der Waals surface area contributed by atoms with Gasteiger partial charge in [-0.2, -0.15) is 0 Å². The predicted molar refractivity (Wildman–Crippen MR) is 84.1 cm³/mol. The van der Waals surface area contributed by atoms with E-state index in [-0.39, 0.29) is 5.91 Å². The number of nitrogens with two attached hydrogens (primary N) is 1. The smallest absolute Gasteiger partial charge is 0.255 e. The Morgan fingerprint density at radius 3 is 3.10 bits per heavy atom. The number of thioether (sulfide) groups is 1. The molecule has 1 fully saturated rings. The van der Waals surface area contributed by atoms with Gasteiger partial charge in [-0.25, -0.2) is 4.98 Å². The first-order chi connectivity index (χ1) is 10.1. The second-order valence-corrected chi connectivity index (χ2v) is 6.79. The Morgan fingerprint density at radius 2 is 2.48 bits per heavy atom. The van der Waals surface area contributed by atoms with Gasteiger partial charge in [-0.1, -0.05) is 25.1 Å². The number of primary amides is 1. The molecule has 0 spiro atoms. The van der Waals surface area contributed by atoms with E-state index in [9.17, 15) is 4.79 Å². The van der Waals surface area contributed by atoms with E-state index in [1.165, 1.54) is 0 Å². The number of oxazole rings is 1. The number of carbonyl (C=O) groups excluding carboxylic acids is 1. The lowest BCUT2D eigenvalue weighted by atomic mass is 9.84. The number of rotatable bonds is 8. The molecule has 3 N–H and O–H groups in total. The summed E-state index contributed by atoms with van der Waals surface area (Å²) in [7, 11) is 0. The van der Waals surface area contributed by atoms with Gasteiger partial charge < -0.3 is 15.5 Å². The first-order valence-electron chi connectivity index (χ1n) is 7.68. The number of nitrogens with one attached hydrogen (secondary N) is 1. The standard InChI is InChI=1S/C15H25N3O2S/c1-3-8-17-15(13(16)19)7-4-5-12(15)6-9-21-14-18-11(2)10-20-14/h10,12,17H,3-9H2,1-2H3,(H2,16,19). The lowest BCUT2D eigenvalue weighted by Gasteiger charge is -2.33. The Labute approximate surface area is 130 Å². The molecular weight excluding hydrogens is 286 g/mol. The molecule has 118 valence electrons. The van der Waals surface area contributed by atoms with Crippen molar-refractivity contribution in [3.8, 4) is 0 Å². The molecule has 2 rings (SSSR count). The van der Waals surface area contributed by atoms with Gasteiger partial charge >= 0.3 is 0 Å². The summed E-state index contributed by atoms with van der Waals surface area (Å²) in [5.41, 5.74) is 6.10. The van der Waals surface area contributed by atoms with Gasteiger partial charge in [0, 0.05) is 5.75 Å². The van der Waals surface area contributed by atoms with E-state index in [4.69, 9.17) is 10.2 Å². The van der Waals surface area contributed by atoms with Crippen LogP contribution < -0.4 is 11.1 Å². The van der Waals surface area contributed by atoms with Crippen LogP contribution in [0, 0.1) is 12.8 Å². The van der Waals surface area contributed by atoms with Gasteiger partial charge in [0.05, 0.1) is 5.69 Å². The van der Waals surface area contributed by atoms with E-state index >= 15 is 0 Å². The second kappa shape index (κ2) is 7.31. The maximum atomic E-state index is 12.0. The zero-order chi connectivity index (χ0) is 15.3. The number of aromatic nitrogens is 1. The highest BCUT2D eigenvalue weighted by Gasteiger charge is 2.46. The Balaban J connectivity index is 1.91. The molecule has 0 saturated heterocycles. The number of amides is 1. The molecule has 1 aromatic rings. The fourth-order valence-corrected chi connectivity index (χ4v) is 4.05. The average molecular weight is 311 g/mol.